The largest absolute Gasteiger partial charge is 0.459 e. The van der Waals surface area contributed by atoms with E-state index in [1.165, 1.54) is 10.5 Å². The van der Waals surface area contributed by atoms with E-state index in [1.807, 2.05) is 40.7 Å². The van der Waals surface area contributed by atoms with Gasteiger partial charge in [0.05, 0.1) is 23.4 Å². The molecule has 0 spiro atoms. The van der Waals surface area contributed by atoms with Gasteiger partial charge in [0.1, 0.15) is 5.60 Å². The Morgan fingerprint density at radius 2 is 1.86 bits per heavy atom. The van der Waals surface area contributed by atoms with Crippen LogP contribution in [0.15, 0.2) is 65.7 Å². The standard InChI is InChI=1S/C29H39N3O4/c1-19(2)35-26(33)22-16-32(27(34)36-28(3,4)5)18-29(6,7)24-21-13-14-31(17-23(21)30-25(22)24)15-20-11-9-8-10-12-20/h8-14,16,19,21,23,30H,15,17-18H2,1-7H3. The summed E-state index contributed by atoms with van der Waals surface area (Å²) in [6.45, 7) is 15.4. The number of rotatable bonds is 4. The summed E-state index contributed by atoms with van der Waals surface area (Å²) in [5, 5.41) is 3.66. The Morgan fingerprint density at radius 1 is 1.17 bits per heavy atom. The lowest BCUT2D eigenvalue weighted by Gasteiger charge is -2.37. The summed E-state index contributed by atoms with van der Waals surface area (Å²) in [6, 6.07) is 10.5. The summed E-state index contributed by atoms with van der Waals surface area (Å²) in [7, 11) is 0. The number of fused-ring (bicyclic) bond motifs is 2. The molecule has 4 rings (SSSR count). The molecule has 0 bridgehead atoms. The van der Waals surface area contributed by atoms with E-state index in [1.54, 1.807) is 6.20 Å². The minimum absolute atomic E-state index is 0.107. The van der Waals surface area contributed by atoms with E-state index in [0.717, 1.165) is 24.4 Å². The third-order valence-electron chi connectivity index (χ3n) is 6.57. The molecule has 7 heteroatoms. The number of ether oxygens (including phenoxy) is 2. The van der Waals surface area contributed by atoms with Crippen LogP contribution in [0.25, 0.3) is 0 Å². The molecule has 1 amide bonds. The Balaban J connectivity index is 1.66. The van der Waals surface area contributed by atoms with Gasteiger partial charge in [0, 0.05) is 37.2 Å². The molecule has 0 radical (unpaired) electrons. The maximum Gasteiger partial charge on any atom is 0.414 e. The molecule has 3 aliphatic rings. The normalized spacial score (nSPS) is 22.9. The molecule has 1 N–H and O–H groups in total. The van der Waals surface area contributed by atoms with Crippen molar-refractivity contribution in [1.29, 1.82) is 0 Å². The highest BCUT2D eigenvalue weighted by molar-refractivity contribution is 5.94. The third kappa shape index (κ3) is 5.61. The molecule has 3 heterocycles. The Hall–Kier alpha value is -3.22. The van der Waals surface area contributed by atoms with E-state index >= 15 is 0 Å². The number of benzene rings is 1. The maximum atomic E-state index is 13.3. The van der Waals surface area contributed by atoms with Gasteiger partial charge in [-0.2, -0.15) is 0 Å². The number of carbonyl (C=O) groups is 2. The van der Waals surface area contributed by atoms with E-state index in [2.05, 4.69) is 60.6 Å². The third-order valence-corrected chi connectivity index (χ3v) is 6.57. The Bertz CT molecular complexity index is 1100. The molecule has 7 nitrogen and oxygen atoms in total. The summed E-state index contributed by atoms with van der Waals surface area (Å²) >= 11 is 0. The van der Waals surface area contributed by atoms with Gasteiger partial charge in [0.2, 0.25) is 0 Å². The van der Waals surface area contributed by atoms with Crippen LogP contribution in [0.2, 0.25) is 0 Å². The number of nitrogens with zero attached hydrogens (tertiary/aromatic N) is 2. The van der Waals surface area contributed by atoms with Crippen molar-refractivity contribution < 1.29 is 19.1 Å². The van der Waals surface area contributed by atoms with E-state index < -0.39 is 23.1 Å². The zero-order valence-electron chi connectivity index (χ0n) is 22.5. The van der Waals surface area contributed by atoms with Crippen molar-refractivity contribution in [3.8, 4) is 0 Å². The van der Waals surface area contributed by atoms with Gasteiger partial charge < -0.3 is 19.7 Å². The van der Waals surface area contributed by atoms with Crippen molar-refractivity contribution in [3.05, 3.63) is 71.2 Å². The number of nitrogens with one attached hydrogen (secondary N) is 1. The first-order valence-corrected chi connectivity index (χ1v) is 12.7. The number of hydrogen-bond donors (Lipinski definition) is 1. The highest BCUT2D eigenvalue weighted by atomic mass is 16.6. The van der Waals surface area contributed by atoms with Crippen molar-refractivity contribution in [2.45, 2.75) is 72.8 Å². The SMILES string of the molecule is CC(C)OC(=O)C1=CN(C(=O)OC(C)(C)C)CC(C)(C)C2=C1NC1CN(Cc3ccccc3)C=CC21. The quantitative estimate of drug-likeness (QED) is 0.597. The summed E-state index contributed by atoms with van der Waals surface area (Å²) < 4.78 is 11.3. The second kappa shape index (κ2) is 9.68. The van der Waals surface area contributed by atoms with Gasteiger partial charge >= 0.3 is 12.1 Å². The minimum atomic E-state index is -0.645. The molecule has 0 saturated heterocycles. The summed E-state index contributed by atoms with van der Waals surface area (Å²) in [6.07, 6.45) is 5.24. The Morgan fingerprint density at radius 3 is 2.50 bits per heavy atom. The van der Waals surface area contributed by atoms with Crippen molar-refractivity contribution in [2.24, 2.45) is 11.3 Å². The van der Waals surface area contributed by atoms with Gasteiger partial charge in [-0.1, -0.05) is 50.3 Å². The highest BCUT2D eigenvalue weighted by Crippen LogP contribution is 2.46. The maximum absolute atomic E-state index is 13.3. The van der Waals surface area contributed by atoms with Crippen LogP contribution in [0, 0.1) is 11.3 Å². The molecule has 194 valence electrons. The smallest absolute Gasteiger partial charge is 0.414 e. The second-order valence-electron chi connectivity index (χ2n) is 11.8. The van der Waals surface area contributed by atoms with Crippen LogP contribution in [0.1, 0.15) is 54.0 Å². The van der Waals surface area contributed by atoms with E-state index in [4.69, 9.17) is 9.47 Å². The van der Waals surface area contributed by atoms with Gasteiger partial charge in [-0.25, -0.2) is 9.59 Å². The van der Waals surface area contributed by atoms with Crippen LogP contribution in [-0.4, -0.2) is 52.7 Å². The lowest BCUT2D eigenvalue weighted by atomic mass is 9.74. The molecular weight excluding hydrogens is 454 g/mol. The number of hydrogen-bond acceptors (Lipinski definition) is 6. The predicted octanol–water partition coefficient (Wildman–Crippen LogP) is 4.97. The van der Waals surface area contributed by atoms with Gasteiger partial charge in [0.15, 0.2) is 0 Å². The first-order valence-electron chi connectivity index (χ1n) is 12.7. The Kier molecular flexibility index (Phi) is 6.95. The summed E-state index contributed by atoms with van der Waals surface area (Å²) in [5.74, 6) is -0.337. The number of esters is 1. The fraction of sp³-hybridized carbons (Fsp3) is 0.517. The second-order valence-corrected chi connectivity index (χ2v) is 11.8. The average molecular weight is 494 g/mol. The molecule has 3 aliphatic heterocycles. The number of amides is 1. The fourth-order valence-electron chi connectivity index (χ4n) is 5.23. The molecular formula is C29H39N3O4. The Labute approximate surface area is 214 Å². The van der Waals surface area contributed by atoms with Gasteiger partial charge in [-0.3, -0.25) is 4.90 Å². The van der Waals surface area contributed by atoms with Crippen LogP contribution in [0.3, 0.4) is 0 Å². The minimum Gasteiger partial charge on any atom is -0.459 e. The summed E-state index contributed by atoms with van der Waals surface area (Å²) in [4.78, 5) is 30.2. The van der Waals surface area contributed by atoms with Gasteiger partial charge in [-0.15, -0.1) is 0 Å². The lowest BCUT2D eigenvalue weighted by Crippen LogP contribution is -2.44. The zero-order valence-corrected chi connectivity index (χ0v) is 22.5. The average Bonchev–Trinajstić information content (AvgIpc) is 3.09. The first-order chi connectivity index (χ1) is 16.8. The fourth-order valence-corrected chi connectivity index (χ4v) is 5.23. The van der Waals surface area contributed by atoms with E-state index in [-0.39, 0.29) is 18.1 Å². The number of carbonyl (C=O) groups excluding carboxylic acids is 2. The molecule has 0 aromatic heterocycles. The lowest BCUT2D eigenvalue weighted by molar-refractivity contribution is -0.142. The van der Waals surface area contributed by atoms with Crippen molar-refractivity contribution in [2.75, 3.05) is 13.1 Å². The highest BCUT2D eigenvalue weighted by Gasteiger charge is 2.47. The topological polar surface area (TPSA) is 71.1 Å². The summed E-state index contributed by atoms with van der Waals surface area (Å²) in [5.41, 5.74) is 2.48. The van der Waals surface area contributed by atoms with Crippen molar-refractivity contribution in [1.82, 2.24) is 15.1 Å². The zero-order chi connectivity index (χ0) is 26.3. The molecule has 2 atom stereocenters. The molecule has 2 unspecified atom stereocenters. The van der Waals surface area contributed by atoms with E-state index in [0.29, 0.717) is 12.1 Å². The van der Waals surface area contributed by atoms with Crippen LogP contribution in [-0.2, 0) is 20.8 Å². The van der Waals surface area contributed by atoms with Crippen LogP contribution in [0.5, 0.6) is 0 Å². The van der Waals surface area contributed by atoms with Gasteiger partial charge in [0.25, 0.3) is 0 Å². The van der Waals surface area contributed by atoms with Crippen LogP contribution >= 0.6 is 0 Å². The molecule has 1 aromatic rings. The van der Waals surface area contributed by atoms with E-state index in [9.17, 15) is 9.59 Å². The van der Waals surface area contributed by atoms with Gasteiger partial charge in [-0.05, 0) is 52.0 Å². The molecule has 36 heavy (non-hydrogen) atoms. The predicted molar refractivity (Wildman–Crippen MR) is 139 cm³/mol. The monoisotopic (exact) mass is 493 g/mol. The molecule has 0 fully saturated rings. The van der Waals surface area contributed by atoms with Crippen LogP contribution < -0.4 is 5.32 Å². The van der Waals surface area contributed by atoms with Crippen molar-refractivity contribution in [3.63, 3.8) is 0 Å². The molecule has 0 saturated carbocycles. The molecule has 0 aliphatic carbocycles. The first kappa shape index (κ1) is 25.9. The molecule has 1 aromatic carbocycles. The van der Waals surface area contributed by atoms with Crippen molar-refractivity contribution >= 4 is 12.1 Å². The van der Waals surface area contributed by atoms with Crippen LogP contribution in [0.4, 0.5) is 4.79 Å².